The van der Waals surface area contributed by atoms with E-state index in [0.717, 1.165) is 11.4 Å². The number of carbonyl (C=O) groups excluding carboxylic acids is 2. The van der Waals surface area contributed by atoms with Crippen molar-refractivity contribution in [3.05, 3.63) is 48.2 Å². The first-order chi connectivity index (χ1) is 11.2. The maximum absolute atomic E-state index is 12.8. The lowest BCUT2D eigenvalue weighted by Gasteiger charge is -2.20. The van der Waals surface area contributed by atoms with E-state index in [0.29, 0.717) is 32.6 Å². The summed E-state index contributed by atoms with van der Waals surface area (Å²) in [6.07, 6.45) is 2.28. The Morgan fingerprint density at radius 1 is 1.13 bits per heavy atom. The predicted molar refractivity (Wildman–Crippen MR) is 84.5 cm³/mol. The van der Waals surface area contributed by atoms with Crippen molar-refractivity contribution in [3.63, 3.8) is 0 Å². The molecule has 118 valence electrons. The van der Waals surface area contributed by atoms with Gasteiger partial charge in [-0.05, 0) is 12.0 Å². The number of nitrogens with zero attached hydrogens (tertiary/aromatic N) is 4. The Bertz CT molecular complexity index is 740. The Morgan fingerprint density at radius 3 is 2.78 bits per heavy atom. The lowest BCUT2D eigenvalue weighted by atomic mass is 10.1. The van der Waals surface area contributed by atoms with Gasteiger partial charge in [0.1, 0.15) is 11.7 Å². The summed E-state index contributed by atoms with van der Waals surface area (Å²) in [5.74, 6) is 0.0890. The first-order valence-corrected chi connectivity index (χ1v) is 7.90. The van der Waals surface area contributed by atoms with E-state index in [-0.39, 0.29) is 11.8 Å². The molecule has 0 N–H and O–H groups in total. The molecule has 1 saturated heterocycles. The molecule has 0 saturated carbocycles. The highest BCUT2D eigenvalue weighted by Gasteiger charge is 2.41. The van der Waals surface area contributed by atoms with E-state index < -0.39 is 5.92 Å². The standard InChI is InChI=1S/C17H18N4O2/c22-16-14(7-9-19(16)12-13-4-2-1-3-5-13)17(23)20-10-11-21-15(20)6-8-18-21/h1-6,8,14H,7,9-12H2. The van der Waals surface area contributed by atoms with Gasteiger partial charge in [-0.2, -0.15) is 5.10 Å². The summed E-state index contributed by atoms with van der Waals surface area (Å²) in [5.41, 5.74) is 1.09. The monoisotopic (exact) mass is 310 g/mol. The fourth-order valence-corrected chi connectivity index (χ4v) is 3.38. The number of amides is 2. The molecule has 1 unspecified atom stereocenters. The first-order valence-electron chi connectivity index (χ1n) is 7.90. The van der Waals surface area contributed by atoms with Gasteiger partial charge in [-0.1, -0.05) is 30.3 Å². The van der Waals surface area contributed by atoms with Gasteiger partial charge in [0.05, 0.1) is 12.7 Å². The summed E-state index contributed by atoms with van der Waals surface area (Å²) < 4.78 is 1.80. The van der Waals surface area contributed by atoms with Crippen LogP contribution in [0.5, 0.6) is 0 Å². The van der Waals surface area contributed by atoms with Crippen LogP contribution in [0.2, 0.25) is 0 Å². The van der Waals surface area contributed by atoms with E-state index in [1.54, 1.807) is 20.7 Å². The van der Waals surface area contributed by atoms with Gasteiger partial charge in [-0.25, -0.2) is 4.68 Å². The third kappa shape index (κ3) is 2.40. The van der Waals surface area contributed by atoms with Gasteiger partial charge >= 0.3 is 0 Å². The van der Waals surface area contributed by atoms with Gasteiger partial charge in [0.15, 0.2) is 0 Å². The SMILES string of the molecule is O=C1C(C(=O)N2CCn3nccc32)CCN1Cc1ccccc1. The second-order valence-electron chi connectivity index (χ2n) is 5.99. The van der Waals surface area contributed by atoms with Crippen molar-refractivity contribution in [2.45, 2.75) is 19.5 Å². The number of rotatable bonds is 3. The van der Waals surface area contributed by atoms with E-state index in [2.05, 4.69) is 5.10 Å². The number of hydrogen-bond acceptors (Lipinski definition) is 3. The highest BCUT2D eigenvalue weighted by Crippen LogP contribution is 2.27. The topological polar surface area (TPSA) is 58.4 Å². The van der Waals surface area contributed by atoms with Crippen LogP contribution in [0.15, 0.2) is 42.6 Å². The van der Waals surface area contributed by atoms with Gasteiger partial charge in [0.2, 0.25) is 11.8 Å². The first kappa shape index (κ1) is 14.0. The van der Waals surface area contributed by atoms with Gasteiger partial charge in [0, 0.05) is 25.7 Å². The summed E-state index contributed by atoms with van der Waals surface area (Å²) in [7, 11) is 0. The molecule has 0 bridgehead atoms. The van der Waals surface area contributed by atoms with Crippen LogP contribution in [0.3, 0.4) is 0 Å². The molecule has 1 aromatic heterocycles. The molecule has 1 fully saturated rings. The van der Waals surface area contributed by atoms with Gasteiger partial charge in [-0.3, -0.25) is 14.5 Å². The van der Waals surface area contributed by atoms with Gasteiger partial charge in [0.25, 0.3) is 0 Å². The maximum Gasteiger partial charge on any atom is 0.240 e. The fourth-order valence-electron chi connectivity index (χ4n) is 3.38. The largest absolute Gasteiger partial charge is 0.338 e. The van der Waals surface area contributed by atoms with Crippen molar-refractivity contribution in [2.75, 3.05) is 18.0 Å². The molecule has 4 rings (SSSR count). The lowest BCUT2D eigenvalue weighted by molar-refractivity contribution is -0.137. The molecule has 2 aromatic rings. The number of fused-ring (bicyclic) bond motifs is 1. The highest BCUT2D eigenvalue weighted by atomic mass is 16.2. The molecule has 3 heterocycles. The molecule has 0 spiro atoms. The van der Waals surface area contributed by atoms with Crippen molar-refractivity contribution in [2.24, 2.45) is 5.92 Å². The summed E-state index contributed by atoms with van der Waals surface area (Å²) >= 11 is 0. The molecule has 2 amide bonds. The van der Waals surface area contributed by atoms with E-state index in [9.17, 15) is 9.59 Å². The highest BCUT2D eigenvalue weighted by molar-refractivity contribution is 6.08. The molecule has 6 nitrogen and oxygen atoms in total. The molecule has 6 heteroatoms. The quantitative estimate of drug-likeness (QED) is 0.803. The zero-order chi connectivity index (χ0) is 15.8. The second-order valence-corrected chi connectivity index (χ2v) is 5.99. The normalized spacial score (nSPS) is 20.2. The molecule has 0 aliphatic carbocycles. The minimum absolute atomic E-state index is 0.0585. The molecule has 1 atom stereocenters. The summed E-state index contributed by atoms with van der Waals surface area (Å²) in [5, 5.41) is 4.17. The summed E-state index contributed by atoms with van der Waals surface area (Å²) in [4.78, 5) is 28.8. The van der Waals surface area contributed by atoms with Crippen LogP contribution in [0.4, 0.5) is 5.82 Å². The van der Waals surface area contributed by atoms with Crippen LogP contribution in [0.1, 0.15) is 12.0 Å². The Labute approximate surface area is 134 Å². The third-order valence-corrected chi connectivity index (χ3v) is 4.58. The number of aromatic nitrogens is 2. The van der Waals surface area contributed by atoms with Gasteiger partial charge < -0.3 is 4.90 Å². The number of anilines is 1. The molecule has 2 aliphatic rings. The van der Waals surface area contributed by atoms with Crippen LogP contribution in [-0.4, -0.2) is 39.6 Å². The molecule has 23 heavy (non-hydrogen) atoms. The summed E-state index contributed by atoms with van der Waals surface area (Å²) in [6.45, 7) is 2.51. The van der Waals surface area contributed by atoms with E-state index in [1.807, 2.05) is 36.4 Å². The van der Waals surface area contributed by atoms with Crippen molar-refractivity contribution in [1.29, 1.82) is 0 Å². The van der Waals surface area contributed by atoms with Crippen LogP contribution in [-0.2, 0) is 22.7 Å². The van der Waals surface area contributed by atoms with Crippen molar-refractivity contribution < 1.29 is 9.59 Å². The number of likely N-dealkylation sites (tertiary alicyclic amines) is 1. The maximum atomic E-state index is 12.8. The Balaban J connectivity index is 1.47. The fraction of sp³-hybridized carbons (Fsp3) is 0.353. The number of benzene rings is 1. The van der Waals surface area contributed by atoms with Crippen LogP contribution >= 0.6 is 0 Å². The summed E-state index contributed by atoms with van der Waals surface area (Å²) in [6, 6.07) is 11.7. The van der Waals surface area contributed by atoms with E-state index in [4.69, 9.17) is 0 Å². The van der Waals surface area contributed by atoms with E-state index in [1.165, 1.54) is 0 Å². The van der Waals surface area contributed by atoms with Crippen molar-refractivity contribution >= 4 is 17.6 Å². The number of hydrogen-bond donors (Lipinski definition) is 0. The molecular formula is C17H18N4O2. The smallest absolute Gasteiger partial charge is 0.240 e. The van der Waals surface area contributed by atoms with Crippen molar-refractivity contribution in [3.8, 4) is 0 Å². The zero-order valence-corrected chi connectivity index (χ0v) is 12.8. The Kier molecular flexibility index (Phi) is 3.37. The van der Waals surface area contributed by atoms with Gasteiger partial charge in [-0.15, -0.1) is 0 Å². The second kappa shape index (κ2) is 5.53. The van der Waals surface area contributed by atoms with Crippen molar-refractivity contribution in [1.82, 2.24) is 14.7 Å². The molecular weight excluding hydrogens is 292 g/mol. The minimum Gasteiger partial charge on any atom is -0.338 e. The Morgan fingerprint density at radius 2 is 1.96 bits per heavy atom. The average Bonchev–Trinajstić information content (AvgIpc) is 3.25. The molecule has 0 radical (unpaired) electrons. The zero-order valence-electron chi connectivity index (χ0n) is 12.8. The third-order valence-electron chi connectivity index (χ3n) is 4.58. The minimum atomic E-state index is -0.555. The Hall–Kier alpha value is -2.63. The molecule has 2 aliphatic heterocycles. The van der Waals surface area contributed by atoms with Crippen LogP contribution in [0.25, 0.3) is 0 Å². The lowest BCUT2D eigenvalue weighted by Crippen LogP contribution is -2.39. The number of carbonyl (C=O) groups is 2. The van der Waals surface area contributed by atoms with Crippen LogP contribution in [0, 0.1) is 5.92 Å². The van der Waals surface area contributed by atoms with Crippen LogP contribution < -0.4 is 4.90 Å². The molecule has 1 aromatic carbocycles. The van der Waals surface area contributed by atoms with E-state index >= 15 is 0 Å². The average molecular weight is 310 g/mol. The predicted octanol–water partition coefficient (Wildman–Crippen LogP) is 1.28.